The van der Waals surface area contributed by atoms with Crippen molar-refractivity contribution in [3.8, 4) is 24.0 Å². The lowest BCUT2D eigenvalue weighted by Crippen LogP contribution is -2.57. The summed E-state index contributed by atoms with van der Waals surface area (Å²) in [5, 5.41) is 39.9. The van der Waals surface area contributed by atoms with Crippen LogP contribution in [0, 0.1) is 56.2 Å². The van der Waals surface area contributed by atoms with E-state index in [1.165, 1.54) is 7.11 Å². The molecule has 2 fully saturated rings. The molecule has 0 aromatic heterocycles. The van der Waals surface area contributed by atoms with Gasteiger partial charge in [-0.1, -0.05) is 42.8 Å². The van der Waals surface area contributed by atoms with Crippen LogP contribution in [0.5, 0.6) is 5.75 Å². The Morgan fingerprint density at radius 3 is 2.32 bits per heavy atom. The van der Waals surface area contributed by atoms with Gasteiger partial charge >= 0.3 is 0 Å². The maximum absolute atomic E-state index is 10.3. The number of halogens is 1. The van der Waals surface area contributed by atoms with Crippen LogP contribution in [0.3, 0.4) is 0 Å². The summed E-state index contributed by atoms with van der Waals surface area (Å²) < 4.78 is 17.7. The molecular formula is C23H17ClN4O3. The number of rotatable bonds is 3. The van der Waals surface area contributed by atoms with E-state index in [-0.39, 0.29) is 0 Å². The highest BCUT2D eigenvalue weighted by atomic mass is 35.5. The van der Waals surface area contributed by atoms with Crippen molar-refractivity contribution in [3.05, 3.63) is 64.7 Å². The molecule has 2 aliphatic rings. The Labute approximate surface area is 184 Å². The highest BCUT2D eigenvalue weighted by Crippen LogP contribution is 2.69. The quantitative estimate of drug-likeness (QED) is 0.763. The Morgan fingerprint density at radius 1 is 1.06 bits per heavy atom. The molecule has 0 aliphatic carbocycles. The summed E-state index contributed by atoms with van der Waals surface area (Å²) >= 11 is 6.04. The zero-order valence-electron chi connectivity index (χ0n) is 16.7. The van der Waals surface area contributed by atoms with E-state index < -0.39 is 34.5 Å². The Morgan fingerprint density at radius 2 is 1.74 bits per heavy atom. The fourth-order valence-electron chi connectivity index (χ4n) is 4.66. The molecule has 0 radical (unpaired) electrons. The van der Waals surface area contributed by atoms with Gasteiger partial charge in [0, 0.05) is 10.6 Å². The molecule has 2 aliphatic heterocycles. The van der Waals surface area contributed by atoms with Gasteiger partial charge in [-0.25, -0.2) is 0 Å². The number of methoxy groups -OCH3 is 1. The first-order chi connectivity index (χ1) is 14.8. The zero-order chi connectivity index (χ0) is 22.4. The van der Waals surface area contributed by atoms with E-state index in [0.29, 0.717) is 21.9 Å². The van der Waals surface area contributed by atoms with Gasteiger partial charge in [0.05, 0.1) is 31.2 Å². The molecule has 2 aromatic rings. The van der Waals surface area contributed by atoms with Crippen LogP contribution in [0.1, 0.15) is 24.2 Å². The third-order valence-corrected chi connectivity index (χ3v) is 6.56. The number of hydrogen-bond donors (Lipinski definition) is 1. The van der Waals surface area contributed by atoms with Crippen LogP contribution in [-0.2, 0) is 15.3 Å². The molecule has 4 unspecified atom stereocenters. The number of hydrogen-bond acceptors (Lipinski definition) is 7. The van der Waals surface area contributed by atoms with E-state index in [1.807, 2.05) is 12.1 Å². The Kier molecular flexibility index (Phi) is 4.67. The molecule has 8 heteroatoms. The SMILES string of the molecule is COc1cccc(C2OC3(c4ccc(Cl)cc4)OC(=N)C(C#N)(C3C)C2(C#N)C#N)c1. The van der Waals surface area contributed by atoms with Gasteiger partial charge in [-0.15, -0.1) is 0 Å². The summed E-state index contributed by atoms with van der Waals surface area (Å²) in [5.74, 6) is -2.35. The standard InChI is InChI=1S/C23H17ClN4O3/c1-14-22(13-27)20(28)31-23(14,16-6-8-17(24)9-7-16)30-19(21(22,11-25)12-26)15-4-3-5-18(10-15)29-2/h3-10,14,19,28H,1-2H3. The minimum Gasteiger partial charge on any atom is -0.497 e. The molecule has 0 saturated carbocycles. The van der Waals surface area contributed by atoms with Crippen LogP contribution in [0.15, 0.2) is 48.5 Å². The smallest absolute Gasteiger partial charge is 0.244 e. The highest BCUT2D eigenvalue weighted by Gasteiger charge is 2.79. The average Bonchev–Trinajstić information content (AvgIpc) is 2.96. The van der Waals surface area contributed by atoms with Gasteiger partial charge in [0.2, 0.25) is 17.1 Å². The number of ether oxygens (including phenoxy) is 3. The van der Waals surface area contributed by atoms with Gasteiger partial charge in [0.15, 0.2) is 5.41 Å². The minimum absolute atomic E-state index is 0.464. The maximum Gasteiger partial charge on any atom is 0.244 e. The van der Waals surface area contributed by atoms with Gasteiger partial charge in [0.25, 0.3) is 0 Å². The van der Waals surface area contributed by atoms with Gasteiger partial charge in [-0.2, -0.15) is 15.8 Å². The van der Waals surface area contributed by atoms with Crippen molar-refractivity contribution in [2.75, 3.05) is 7.11 Å². The minimum atomic E-state index is -2.03. The second-order valence-electron chi connectivity index (χ2n) is 7.55. The van der Waals surface area contributed by atoms with Crippen molar-refractivity contribution >= 4 is 17.5 Å². The fourth-order valence-corrected chi connectivity index (χ4v) is 4.78. The number of nitrogens with one attached hydrogen (secondary N) is 1. The number of benzene rings is 2. The first kappa shape index (κ1) is 20.7. The van der Waals surface area contributed by atoms with Gasteiger partial charge in [-0.3, -0.25) is 5.41 Å². The lowest BCUT2D eigenvalue weighted by Gasteiger charge is -2.48. The lowest BCUT2D eigenvalue weighted by molar-refractivity contribution is -0.288. The van der Waals surface area contributed by atoms with Gasteiger partial charge in [-0.05, 0) is 29.8 Å². The fraction of sp³-hybridized carbons (Fsp3) is 0.304. The van der Waals surface area contributed by atoms with Crippen molar-refractivity contribution in [2.24, 2.45) is 16.7 Å². The Hall–Kier alpha value is -3.57. The molecule has 154 valence electrons. The zero-order valence-corrected chi connectivity index (χ0v) is 17.5. The Bertz CT molecular complexity index is 1180. The second-order valence-corrected chi connectivity index (χ2v) is 7.99. The topological polar surface area (TPSA) is 123 Å². The van der Waals surface area contributed by atoms with E-state index in [9.17, 15) is 15.8 Å². The van der Waals surface area contributed by atoms with Crippen LogP contribution in [0.4, 0.5) is 0 Å². The molecule has 2 bridgehead atoms. The van der Waals surface area contributed by atoms with Crippen LogP contribution >= 0.6 is 11.6 Å². The molecule has 2 aromatic carbocycles. The van der Waals surface area contributed by atoms with Crippen LogP contribution < -0.4 is 4.74 Å². The van der Waals surface area contributed by atoms with Crippen LogP contribution in [-0.4, -0.2) is 13.0 Å². The van der Waals surface area contributed by atoms with Crippen molar-refractivity contribution in [3.63, 3.8) is 0 Å². The third-order valence-electron chi connectivity index (χ3n) is 6.31. The van der Waals surface area contributed by atoms with E-state index in [1.54, 1.807) is 55.5 Å². The number of nitrogens with zero attached hydrogens (tertiary/aromatic N) is 3. The molecular weight excluding hydrogens is 416 g/mol. The molecule has 1 N–H and O–H groups in total. The number of fused-ring (bicyclic) bond motifs is 2. The van der Waals surface area contributed by atoms with E-state index >= 15 is 0 Å². The second kappa shape index (κ2) is 7.00. The first-order valence-corrected chi connectivity index (χ1v) is 9.82. The molecule has 4 atom stereocenters. The molecule has 31 heavy (non-hydrogen) atoms. The summed E-state index contributed by atoms with van der Waals surface area (Å²) in [6.07, 6.45) is -1.19. The van der Waals surface area contributed by atoms with Crippen molar-refractivity contribution in [1.29, 1.82) is 21.2 Å². The van der Waals surface area contributed by atoms with Crippen LogP contribution in [0.2, 0.25) is 5.02 Å². The predicted octanol–water partition coefficient (Wildman–Crippen LogP) is 4.46. The summed E-state index contributed by atoms with van der Waals surface area (Å²) in [4.78, 5) is 0. The van der Waals surface area contributed by atoms with Gasteiger partial charge in [0.1, 0.15) is 11.9 Å². The third kappa shape index (κ3) is 2.44. The van der Waals surface area contributed by atoms with Crippen LogP contribution in [0.25, 0.3) is 0 Å². The summed E-state index contributed by atoms with van der Waals surface area (Å²) in [5.41, 5.74) is -2.90. The summed E-state index contributed by atoms with van der Waals surface area (Å²) in [7, 11) is 1.50. The highest BCUT2D eigenvalue weighted by molar-refractivity contribution is 6.30. The predicted molar refractivity (Wildman–Crippen MR) is 110 cm³/mol. The average molecular weight is 433 g/mol. The van der Waals surface area contributed by atoms with E-state index in [0.717, 1.165) is 0 Å². The molecule has 7 nitrogen and oxygen atoms in total. The van der Waals surface area contributed by atoms with Crippen molar-refractivity contribution in [1.82, 2.24) is 0 Å². The van der Waals surface area contributed by atoms with E-state index in [2.05, 4.69) is 6.07 Å². The molecule has 2 heterocycles. The Balaban J connectivity index is 2.03. The molecule has 2 saturated heterocycles. The van der Waals surface area contributed by atoms with Gasteiger partial charge < -0.3 is 14.2 Å². The molecule has 4 rings (SSSR count). The summed E-state index contributed by atoms with van der Waals surface area (Å²) in [6.45, 7) is 1.66. The first-order valence-electron chi connectivity index (χ1n) is 9.45. The van der Waals surface area contributed by atoms with Crippen molar-refractivity contribution < 1.29 is 14.2 Å². The summed E-state index contributed by atoms with van der Waals surface area (Å²) in [6, 6.07) is 19.6. The molecule has 0 amide bonds. The van der Waals surface area contributed by atoms with E-state index in [4.69, 9.17) is 31.2 Å². The molecule has 0 spiro atoms. The lowest BCUT2D eigenvalue weighted by atomic mass is 9.53. The maximum atomic E-state index is 10.3. The monoisotopic (exact) mass is 432 g/mol. The number of nitriles is 3. The normalized spacial score (nSPS) is 30.4. The van der Waals surface area contributed by atoms with Crippen molar-refractivity contribution in [2.45, 2.75) is 18.8 Å². The largest absolute Gasteiger partial charge is 0.497 e.